The molecule has 100 valence electrons. The van der Waals surface area contributed by atoms with E-state index in [2.05, 4.69) is 54.5 Å². The second kappa shape index (κ2) is 6.88. The van der Waals surface area contributed by atoms with Gasteiger partial charge in [0.15, 0.2) is 0 Å². The molecule has 1 aliphatic heterocycles. The van der Waals surface area contributed by atoms with E-state index < -0.39 is 0 Å². The number of rotatable bonds is 5. The summed E-state index contributed by atoms with van der Waals surface area (Å²) in [4.78, 5) is 2.40. The molecule has 0 aromatic heterocycles. The Morgan fingerprint density at radius 2 is 2.11 bits per heavy atom. The molecule has 3 heteroatoms. The Bertz CT molecular complexity index is 342. The topological polar surface area (TPSA) is 24.5 Å². The predicted molar refractivity (Wildman–Crippen MR) is 74.7 cm³/mol. The first-order chi connectivity index (χ1) is 8.83. The molecule has 2 atom stereocenters. The van der Waals surface area contributed by atoms with Crippen LogP contribution in [0.3, 0.4) is 0 Å². The van der Waals surface area contributed by atoms with Crippen LogP contribution in [-0.2, 0) is 4.74 Å². The van der Waals surface area contributed by atoms with E-state index in [1.807, 2.05) is 0 Å². The van der Waals surface area contributed by atoms with Crippen LogP contribution in [0.4, 0.5) is 0 Å². The van der Waals surface area contributed by atoms with Crippen LogP contribution in [0.1, 0.15) is 24.9 Å². The molecule has 1 fully saturated rings. The van der Waals surface area contributed by atoms with Gasteiger partial charge in [-0.2, -0.15) is 0 Å². The van der Waals surface area contributed by atoms with Crippen molar-refractivity contribution in [2.75, 3.05) is 33.3 Å². The fourth-order valence-corrected chi connectivity index (χ4v) is 2.57. The van der Waals surface area contributed by atoms with Crippen LogP contribution >= 0.6 is 0 Å². The third kappa shape index (κ3) is 3.31. The van der Waals surface area contributed by atoms with E-state index in [9.17, 15) is 0 Å². The number of morpholine rings is 1. The minimum Gasteiger partial charge on any atom is -0.374 e. The van der Waals surface area contributed by atoms with Gasteiger partial charge in [0.2, 0.25) is 0 Å². The first-order valence-corrected chi connectivity index (χ1v) is 6.90. The Hall–Kier alpha value is -0.900. The van der Waals surface area contributed by atoms with Gasteiger partial charge in [0.1, 0.15) is 0 Å². The molecule has 1 aromatic rings. The SMILES string of the molecule is CCCNCC1OCCN(C)C1c1ccccc1. The summed E-state index contributed by atoms with van der Waals surface area (Å²) in [6.45, 7) is 6.01. The van der Waals surface area contributed by atoms with Crippen LogP contribution in [0.5, 0.6) is 0 Å². The highest BCUT2D eigenvalue weighted by molar-refractivity contribution is 5.21. The molecule has 1 aliphatic rings. The van der Waals surface area contributed by atoms with Crippen LogP contribution in [0.15, 0.2) is 30.3 Å². The number of likely N-dealkylation sites (N-methyl/N-ethyl adjacent to an activating group) is 1. The number of benzene rings is 1. The zero-order valence-corrected chi connectivity index (χ0v) is 11.4. The van der Waals surface area contributed by atoms with Crippen molar-refractivity contribution >= 4 is 0 Å². The van der Waals surface area contributed by atoms with Gasteiger partial charge in [-0.15, -0.1) is 0 Å². The summed E-state index contributed by atoms with van der Waals surface area (Å²) in [6, 6.07) is 11.0. The Labute approximate surface area is 110 Å². The molecule has 0 aliphatic carbocycles. The largest absolute Gasteiger partial charge is 0.374 e. The van der Waals surface area contributed by atoms with E-state index in [4.69, 9.17) is 4.74 Å². The highest BCUT2D eigenvalue weighted by atomic mass is 16.5. The van der Waals surface area contributed by atoms with Crippen molar-refractivity contribution in [3.05, 3.63) is 35.9 Å². The second-order valence-corrected chi connectivity index (χ2v) is 4.95. The second-order valence-electron chi connectivity index (χ2n) is 4.95. The minimum absolute atomic E-state index is 0.248. The highest BCUT2D eigenvalue weighted by Crippen LogP contribution is 2.27. The Morgan fingerprint density at radius 1 is 1.33 bits per heavy atom. The predicted octanol–water partition coefficient (Wildman–Crippen LogP) is 2.06. The lowest BCUT2D eigenvalue weighted by Crippen LogP contribution is -2.47. The molecule has 0 radical (unpaired) electrons. The van der Waals surface area contributed by atoms with Crippen molar-refractivity contribution in [1.29, 1.82) is 0 Å². The van der Waals surface area contributed by atoms with E-state index >= 15 is 0 Å². The summed E-state index contributed by atoms with van der Waals surface area (Å²) >= 11 is 0. The van der Waals surface area contributed by atoms with Gasteiger partial charge >= 0.3 is 0 Å². The number of nitrogens with one attached hydrogen (secondary N) is 1. The fourth-order valence-electron chi connectivity index (χ4n) is 2.57. The van der Waals surface area contributed by atoms with Gasteiger partial charge in [0.25, 0.3) is 0 Å². The maximum atomic E-state index is 5.96. The van der Waals surface area contributed by atoms with Crippen molar-refractivity contribution in [2.45, 2.75) is 25.5 Å². The van der Waals surface area contributed by atoms with E-state index in [0.717, 1.165) is 26.2 Å². The molecular weight excluding hydrogens is 224 g/mol. The average Bonchev–Trinajstić information content (AvgIpc) is 2.40. The Kier molecular flexibility index (Phi) is 5.17. The van der Waals surface area contributed by atoms with Gasteiger partial charge in [-0.3, -0.25) is 4.90 Å². The maximum absolute atomic E-state index is 5.96. The zero-order valence-electron chi connectivity index (χ0n) is 11.4. The summed E-state index contributed by atoms with van der Waals surface area (Å²) < 4.78 is 5.96. The molecule has 1 heterocycles. The lowest BCUT2D eigenvalue weighted by atomic mass is 9.98. The van der Waals surface area contributed by atoms with Crippen molar-refractivity contribution in [3.8, 4) is 0 Å². The van der Waals surface area contributed by atoms with E-state index in [1.165, 1.54) is 12.0 Å². The monoisotopic (exact) mass is 248 g/mol. The van der Waals surface area contributed by atoms with Gasteiger partial charge < -0.3 is 10.1 Å². The van der Waals surface area contributed by atoms with E-state index in [0.29, 0.717) is 6.04 Å². The molecular formula is C15H24N2O. The number of hydrogen-bond acceptors (Lipinski definition) is 3. The molecule has 1 saturated heterocycles. The molecule has 1 aromatic carbocycles. The lowest BCUT2D eigenvalue weighted by molar-refractivity contribution is -0.0612. The standard InChI is InChI=1S/C15H24N2O/c1-3-9-16-12-14-15(17(2)10-11-18-14)13-7-5-4-6-8-13/h4-8,14-16H,3,9-12H2,1-2H3. The summed E-state index contributed by atoms with van der Waals surface area (Å²) in [5, 5.41) is 3.47. The number of nitrogens with zero attached hydrogens (tertiary/aromatic N) is 1. The third-order valence-corrected chi connectivity index (χ3v) is 3.52. The number of ether oxygens (including phenoxy) is 1. The van der Waals surface area contributed by atoms with Gasteiger partial charge in [-0.25, -0.2) is 0 Å². The van der Waals surface area contributed by atoms with Crippen LogP contribution in [0.25, 0.3) is 0 Å². The normalized spacial score (nSPS) is 25.2. The van der Waals surface area contributed by atoms with Crippen molar-refractivity contribution < 1.29 is 4.74 Å². The first kappa shape index (κ1) is 13.5. The van der Waals surface area contributed by atoms with Gasteiger partial charge in [0.05, 0.1) is 18.8 Å². The molecule has 0 bridgehead atoms. The molecule has 2 rings (SSSR count). The summed E-state index contributed by atoms with van der Waals surface area (Å²) in [5.74, 6) is 0. The van der Waals surface area contributed by atoms with Crippen LogP contribution in [-0.4, -0.2) is 44.3 Å². The molecule has 2 unspecified atom stereocenters. The van der Waals surface area contributed by atoms with Crippen LogP contribution in [0, 0.1) is 0 Å². The summed E-state index contributed by atoms with van der Waals surface area (Å²) in [6.07, 6.45) is 1.41. The van der Waals surface area contributed by atoms with Gasteiger partial charge in [-0.1, -0.05) is 37.3 Å². The Balaban J connectivity index is 2.06. The van der Waals surface area contributed by atoms with Crippen molar-refractivity contribution in [1.82, 2.24) is 10.2 Å². The van der Waals surface area contributed by atoms with Crippen LogP contribution in [0.2, 0.25) is 0 Å². The summed E-state index contributed by atoms with van der Waals surface area (Å²) in [5.41, 5.74) is 1.35. The van der Waals surface area contributed by atoms with Crippen molar-refractivity contribution in [3.63, 3.8) is 0 Å². The van der Waals surface area contributed by atoms with Gasteiger partial charge in [-0.05, 0) is 25.6 Å². The fraction of sp³-hybridized carbons (Fsp3) is 0.600. The molecule has 0 amide bonds. The minimum atomic E-state index is 0.248. The Morgan fingerprint density at radius 3 is 2.83 bits per heavy atom. The lowest BCUT2D eigenvalue weighted by Gasteiger charge is -2.39. The number of hydrogen-bond donors (Lipinski definition) is 1. The van der Waals surface area contributed by atoms with Crippen molar-refractivity contribution in [2.24, 2.45) is 0 Å². The average molecular weight is 248 g/mol. The molecule has 3 nitrogen and oxygen atoms in total. The molecule has 1 N–H and O–H groups in total. The molecule has 18 heavy (non-hydrogen) atoms. The summed E-state index contributed by atoms with van der Waals surface area (Å²) in [7, 11) is 2.19. The quantitative estimate of drug-likeness (QED) is 0.807. The molecule has 0 saturated carbocycles. The molecule has 0 spiro atoms. The van der Waals surface area contributed by atoms with Crippen LogP contribution < -0.4 is 5.32 Å². The maximum Gasteiger partial charge on any atom is 0.0896 e. The smallest absolute Gasteiger partial charge is 0.0896 e. The zero-order chi connectivity index (χ0) is 12.8. The highest BCUT2D eigenvalue weighted by Gasteiger charge is 2.30. The third-order valence-electron chi connectivity index (χ3n) is 3.52. The van der Waals surface area contributed by atoms with E-state index in [-0.39, 0.29) is 6.10 Å². The first-order valence-electron chi connectivity index (χ1n) is 6.90. The van der Waals surface area contributed by atoms with Gasteiger partial charge in [0, 0.05) is 13.1 Å². The van der Waals surface area contributed by atoms with E-state index in [1.54, 1.807) is 0 Å².